The Morgan fingerprint density at radius 1 is 1.27 bits per heavy atom. The van der Waals surface area contributed by atoms with Crippen molar-refractivity contribution in [3.05, 3.63) is 22.1 Å². The Morgan fingerprint density at radius 3 is 2.68 bits per heavy atom. The lowest BCUT2D eigenvalue weighted by atomic mass is 10.1. The molecule has 0 amide bonds. The Bertz CT molecular complexity index is 727. The molecule has 118 valence electrons. The Hall–Kier alpha value is -1.47. The van der Waals surface area contributed by atoms with E-state index in [1.807, 2.05) is 6.92 Å². The fourth-order valence-corrected chi connectivity index (χ4v) is 3.95. The highest BCUT2D eigenvalue weighted by atomic mass is 32.1. The maximum Gasteiger partial charge on any atom is 0.275 e. The summed E-state index contributed by atoms with van der Waals surface area (Å²) < 4.78 is 1.44. The van der Waals surface area contributed by atoms with E-state index in [1.54, 1.807) is 6.07 Å². The van der Waals surface area contributed by atoms with Crippen molar-refractivity contribution in [3.63, 3.8) is 0 Å². The number of fused-ring (bicyclic) bond motifs is 1. The van der Waals surface area contributed by atoms with E-state index >= 15 is 0 Å². The minimum atomic E-state index is -0.0744. The van der Waals surface area contributed by atoms with Gasteiger partial charge >= 0.3 is 0 Å². The quantitative estimate of drug-likeness (QED) is 0.924. The van der Waals surface area contributed by atoms with Crippen LogP contribution in [-0.2, 0) is 6.42 Å². The van der Waals surface area contributed by atoms with Gasteiger partial charge in [0, 0.05) is 36.9 Å². The molecule has 7 heteroatoms. The highest BCUT2D eigenvalue weighted by molar-refractivity contribution is 7.20. The molecule has 0 bridgehead atoms. The van der Waals surface area contributed by atoms with Crippen LogP contribution in [0.5, 0.6) is 0 Å². The lowest BCUT2D eigenvalue weighted by Crippen LogP contribution is -2.43. The van der Waals surface area contributed by atoms with Gasteiger partial charge in [0.25, 0.3) is 5.56 Å². The summed E-state index contributed by atoms with van der Waals surface area (Å²) in [6.45, 7) is 4.01. The fraction of sp³-hybridized carbons (Fsp3) is 0.667. The molecule has 6 nitrogen and oxygen atoms in total. The molecule has 1 saturated carbocycles. The van der Waals surface area contributed by atoms with Crippen molar-refractivity contribution in [2.24, 2.45) is 0 Å². The summed E-state index contributed by atoms with van der Waals surface area (Å²) in [5.74, 6) is 0. The summed E-state index contributed by atoms with van der Waals surface area (Å²) in [6.07, 6.45) is 5.75. The zero-order chi connectivity index (χ0) is 15.1. The van der Waals surface area contributed by atoms with Crippen LogP contribution in [0.2, 0.25) is 0 Å². The van der Waals surface area contributed by atoms with E-state index in [-0.39, 0.29) is 5.56 Å². The first-order valence-corrected chi connectivity index (χ1v) is 8.95. The molecule has 2 fully saturated rings. The van der Waals surface area contributed by atoms with Gasteiger partial charge in [-0.1, -0.05) is 18.3 Å². The molecule has 2 aromatic rings. The fourth-order valence-electron chi connectivity index (χ4n) is 2.98. The first-order chi connectivity index (χ1) is 10.7. The van der Waals surface area contributed by atoms with Gasteiger partial charge in [-0.05, 0) is 32.1 Å². The average molecular weight is 319 g/mol. The van der Waals surface area contributed by atoms with Crippen LogP contribution in [0, 0.1) is 0 Å². The Kier molecular flexibility index (Phi) is 3.62. The average Bonchev–Trinajstić information content (AvgIpc) is 3.23. The second-order valence-corrected chi connectivity index (χ2v) is 7.15. The maximum atomic E-state index is 12.1. The van der Waals surface area contributed by atoms with E-state index < -0.39 is 0 Å². The third-order valence-corrected chi connectivity index (χ3v) is 5.43. The van der Waals surface area contributed by atoms with Gasteiger partial charge < -0.3 is 10.2 Å². The van der Waals surface area contributed by atoms with Crippen LogP contribution in [0.1, 0.15) is 38.3 Å². The van der Waals surface area contributed by atoms with E-state index in [0.29, 0.717) is 11.0 Å². The van der Waals surface area contributed by atoms with Crippen LogP contribution >= 0.6 is 11.3 Å². The normalized spacial score (nSPS) is 20.0. The maximum absolute atomic E-state index is 12.1. The topological polar surface area (TPSA) is 62.5 Å². The minimum absolute atomic E-state index is 0.0744. The van der Waals surface area contributed by atoms with Crippen molar-refractivity contribution in [2.45, 2.75) is 51.1 Å². The second-order valence-electron chi connectivity index (χ2n) is 6.22. The predicted molar refractivity (Wildman–Crippen MR) is 87.9 cm³/mol. The largest absolute Gasteiger partial charge is 0.347 e. The zero-order valence-corrected chi connectivity index (χ0v) is 13.6. The second kappa shape index (κ2) is 5.62. The summed E-state index contributed by atoms with van der Waals surface area (Å²) >= 11 is 1.52. The van der Waals surface area contributed by atoms with Crippen LogP contribution in [0.25, 0.3) is 4.96 Å². The van der Waals surface area contributed by atoms with Gasteiger partial charge in [0.2, 0.25) is 10.1 Å². The Morgan fingerprint density at radius 2 is 2.00 bits per heavy atom. The number of piperidine rings is 1. The molecule has 1 aliphatic heterocycles. The van der Waals surface area contributed by atoms with Crippen LogP contribution in [0.3, 0.4) is 0 Å². The van der Waals surface area contributed by atoms with Crippen molar-refractivity contribution in [2.75, 3.05) is 18.0 Å². The van der Waals surface area contributed by atoms with Gasteiger partial charge in [-0.2, -0.15) is 4.52 Å². The number of aryl methyl sites for hydroxylation is 1. The van der Waals surface area contributed by atoms with Crippen LogP contribution < -0.4 is 15.8 Å². The van der Waals surface area contributed by atoms with E-state index in [4.69, 9.17) is 0 Å². The summed E-state index contributed by atoms with van der Waals surface area (Å²) in [6, 6.07) is 3.00. The molecule has 4 rings (SSSR count). The predicted octanol–water partition coefficient (Wildman–Crippen LogP) is 1.43. The molecule has 1 N–H and O–H groups in total. The van der Waals surface area contributed by atoms with E-state index in [1.165, 1.54) is 28.7 Å². The SMILES string of the molecule is CCc1cc(=O)n2nc(N3CCC(NC4CC4)CC3)sc2n1. The number of aromatic nitrogens is 3. The van der Waals surface area contributed by atoms with Gasteiger partial charge in [-0.3, -0.25) is 4.79 Å². The monoisotopic (exact) mass is 319 g/mol. The van der Waals surface area contributed by atoms with Crippen LogP contribution in [0.15, 0.2) is 10.9 Å². The molecule has 1 aliphatic carbocycles. The van der Waals surface area contributed by atoms with Crippen LogP contribution in [-0.4, -0.2) is 39.8 Å². The first-order valence-electron chi connectivity index (χ1n) is 8.13. The van der Waals surface area contributed by atoms with Gasteiger partial charge in [0.15, 0.2) is 0 Å². The van der Waals surface area contributed by atoms with Gasteiger partial charge in [-0.15, -0.1) is 5.10 Å². The van der Waals surface area contributed by atoms with Crippen molar-refractivity contribution < 1.29 is 0 Å². The number of anilines is 1. The molecule has 3 heterocycles. The van der Waals surface area contributed by atoms with Gasteiger partial charge in [0.1, 0.15) is 0 Å². The highest BCUT2D eigenvalue weighted by Gasteiger charge is 2.28. The molecule has 0 aromatic carbocycles. The smallest absolute Gasteiger partial charge is 0.275 e. The number of rotatable bonds is 4. The lowest BCUT2D eigenvalue weighted by Gasteiger charge is -2.32. The molecule has 0 unspecified atom stereocenters. The molecule has 2 aliphatic rings. The number of hydrogen-bond donors (Lipinski definition) is 1. The van der Waals surface area contributed by atoms with Crippen molar-refractivity contribution in [3.8, 4) is 0 Å². The molecule has 1 saturated heterocycles. The van der Waals surface area contributed by atoms with Crippen molar-refractivity contribution >= 4 is 21.4 Å². The van der Waals surface area contributed by atoms with Crippen LogP contribution in [0.4, 0.5) is 5.13 Å². The number of nitrogens with zero attached hydrogens (tertiary/aromatic N) is 4. The van der Waals surface area contributed by atoms with E-state index in [9.17, 15) is 4.79 Å². The molecule has 0 radical (unpaired) electrons. The molecule has 22 heavy (non-hydrogen) atoms. The third kappa shape index (κ3) is 2.75. The summed E-state index contributed by atoms with van der Waals surface area (Å²) in [4.78, 5) is 19.6. The number of nitrogens with one attached hydrogen (secondary N) is 1. The molecular weight excluding hydrogens is 298 g/mol. The molecular formula is C15H21N5OS. The van der Waals surface area contributed by atoms with Crippen molar-refractivity contribution in [1.29, 1.82) is 0 Å². The summed E-state index contributed by atoms with van der Waals surface area (Å²) in [7, 11) is 0. The number of hydrogen-bond acceptors (Lipinski definition) is 6. The van der Waals surface area contributed by atoms with Crippen molar-refractivity contribution in [1.82, 2.24) is 19.9 Å². The van der Waals surface area contributed by atoms with Gasteiger partial charge in [0.05, 0.1) is 0 Å². The standard InChI is InChI=1S/C15H21N5OS/c1-2-10-9-13(21)20-14(17-10)22-15(18-20)19-7-5-12(6-8-19)16-11-3-4-11/h9,11-12,16H,2-8H2,1H3. The lowest BCUT2D eigenvalue weighted by molar-refractivity contribution is 0.412. The Balaban J connectivity index is 1.51. The zero-order valence-electron chi connectivity index (χ0n) is 12.8. The molecule has 2 aromatic heterocycles. The molecule has 0 atom stereocenters. The van der Waals surface area contributed by atoms with E-state index in [0.717, 1.165) is 49.2 Å². The Labute approximate surface area is 133 Å². The van der Waals surface area contributed by atoms with E-state index in [2.05, 4.69) is 20.3 Å². The first kappa shape index (κ1) is 14.1. The van der Waals surface area contributed by atoms with Gasteiger partial charge in [-0.25, -0.2) is 4.98 Å². The third-order valence-electron chi connectivity index (χ3n) is 4.46. The summed E-state index contributed by atoms with van der Waals surface area (Å²) in [5.41, 5.74) is 0.766. The molecule has 0 spiro atoms. The highest BCUT2D eigenvalue weighted by Crippen LogP contribution is 2.26. The minimum Gasteiger partial charge on any atom is -0.347 e. The summed E-state index contributed by atoms with van der Waals surface area (Å²) in [5, 5.41) is 9.10.